The molecule has 0 aliphatic heterocycles. The minimum absolute atomic E-state index is 0.0222. The van der Waals surface area contributed by atoms with Crippen molar-refractivity contribution in [2.24, 2.45) is 17.3 Å². The van der Waals surface area contributed by atoms with Crippen molar-refractivity contribution in [2.45, 2.75) is 64.0 Å². The van der Waals surface area contributed by atoms with Crippen LogP contribution < -0.4 is 5.32 Å². The van der Waals surface area contributed by atoms with E-state index in [2.05, 4.69) is 5.32 Å². The molecule has 2 unspecified atom stereocenters. The lowest BCUT2D eigenvalue weighted by molar-refractivity contribution is -0.198. The molecule has 2 aliphatic rings. The molecule has 0 aromatic carbocycles. The van der Waals surface area contributed by atoms with Gasteiger partial charge in [0.05, 0.1) is 11.3 Å². The van der Waals surface area contributed by atoms with Crippen LogP contribution in [0.25, 0.3) is 0 Å². The zero-order chi connectivity index (χ0) is 17.1. The summed E-state index contributed by atoms with van der Waals surface area (Å²) >= 11 is 0. The summed E-state index contributed by atoms with van der Waals surface area (Å²) in [7, 11) is 0. The van der Waals surface area contributed by atoms with Crippen LogP contribution in [-0.4, -0.2) is 29.7 Å². The monoisotopic (exact) mass is 335 g/mol. The maximum atomic E-state index is 13.1. The van der Waals surface area contributed by atoms with Crippen molar-refractivity contribution in [1.29, 1.82) is 0 Å². The first-order valence-electron chi connectivity index (χ1n) is 8.34. The molecule has 132 valence electrons. The van der Waals surface area contributed by atoms with Crippen molar-refractivity contribution in [1.82, 2.24) is 5.32 Å². The third-order valence-electron chi connectivity index (χ3n) is 5.39. The van der Waals surface area contributed by atoms with Crippen LogP contribution in [0.4, 0.5) is 13.2 Å². The Balaban J connectivity index is 2.01. The lowest BCUT2D eigenvalue weighted by atomic mass is 9.73. The number of hydrogen-bond acceptors (Lipinski definition) is 2. The van der Waals surface area contributed by atoms with Gasteiger partial charge in [0, 0.05) is 12.5 Å². The molecule has 1 amide bonds. The molecule has 0 bridgehead atoms. The van der Waals surface area contributed by atoms with E-state index in [9.17, 15) is 27.9 Å². The number of carbonyl (C=O) groups excluding carboxylic acids is 1. The van der Waals surface area contributed by atoms with E-state index >= 15 is 0 Å². The molecule has 2 aliphatic carbocycles. The first-order valence-corrected chi connectivity index (χ1v) is 8.34. The highest BCUT2D eigenvalue weighted by molar-refractivity contribution is 5.81. The molecule has 2 atom stereocenters. The molecule has 7 heteroatoms. The summed E-state index contributed by atoms with van der Waals surface area (Å²) in [6.45, 7) is -0.0672. The number of rotatable bonds is 4. The standard InChI is InChI=1S/C16H24F3NO3/c17-16(18,19)12-7-3-2-6-11(12)13(21)20-10-15(14(22)23)8-4-1-5-9-15/h11-12H,1-10H2,(H,20,21)(H,22,23). The summed E-state index contributed by atoms with van der Waals surface area (Å²) in [5, 5.41) is 12.0. The van der Waals surface area contributed by atoms with E-state index < -0.39 is 35.3 Å². The Morgan fingerprint density at radius 1 is 1.04 bits per heavy atom. The number of amides is 1. The summed E-state index contributed by atoms with van der Waals surface area (Å²) in [5.41, 5.74) is -1.02. The van der Waals surface area contributed by atoms with Crippen LogP contribution in [-0.2, 0) is 9.59 Å². The minimum Gasteiger partial charge on any atom is -0.481 e. The second kappa shape index (κ2) is 7.09. The van der Waals surface area contributed by atoms with Crippen LogP contribution >= 0.6 is 0 Å². The number of halogens is 3. The van der Waals surface area contributed by atoms with Crippen molar-refractivity contribution >= 4 is 11.9 Å². The highest BCUT2D eigenvalue weighted by Gasteiger charge is 2.48. The lowest BCUT2D eigenvalue weighted by Crippen LogP contribution is -2.48. The number of aliphatic carboxylic acids is 1. The number of nitrogens with one attached hydrogen (secondary N) is 1. The van der Waals surface area contributed by atoms with Crippen LogP contribution in [0.15, 0.2) is 0 Å². The van der Waals surface area contributed by atoms with E-state index in [0.29, 0.717) is 25.7 Å². The van der Waals surface area contributed by atoms with E-state index in [1.165, 1.54) is 0 Å². The quantitative estimate of drug-likeness (QED) is 0.826. The van der Waals surface area contributed by atoms with Crippen molar-refractivity contribution < 1.29 is 27.9 Å². The Morgan fingerprint density at radius 3 is 2.22 bits per heavy atom. The van der Waals surface area contributed by atoms with Gasteiger partial charge in [-0.3, -0.25) is 9.59 Å². The molecule has 4 nitrogen and oxygen atoms in total. The molecule has 0 aromatic rings. The topological polar surface area (TPSA) is 66.4 Å². The van der Waals surface area contributed by atoms with Gasteiger partial charge in [-0.25, -0.2) is 0 Å². The summed E-state index contributed by atoms with van der Waals surface area (Å²) in [5.74, 6) is -4.30. The van der Waals surface area contributed by atoms with E-state index in [0.717, 1.165) is 19.3 Å². The fraction of sp³-hybridized carbons (Fsp3) is 0.875. The third-order valence-corrected chi connectivity index (χ3v) is 5.39. The second-order valence-electron chi connectivity index (χ2n) is 6.90. The predicted octanol–water partition coefficient (Wildman–Crippen LogP) is 3.51. The maximum Gasteiger partial charge on any atom is 0.392 e. The van der Waals surface area contributed by atoms with Gasteiger partial charge in [-0.15, -0.1) is 0 Å². The van der Waals surface area contributed by atoms with Gasteiger partial charge in [-0.05, 0) is 25.7 Å². The molecule has 2 rings (SSSR count). The average molecular weight is 335 g/mol. The Labute approximate surface area is 133 Å². The van der Waals surface area contributed by atoms with Crippen LogP contribution in [0.1, 0.15) is 57.8 Å². The number of carboxylic acids is 1. The first-order chi connectivity index (χ1) is 10.8. The molecular weight excluding hydrogens is 311 g/mol. The first kappa shape index (κ1) is 18.1. The van der Waals surface area contributed by atoms with Gasteiger partial charge in [0.2, 0.25) is 5.91 Å². The summed E-state index contributed by atoms with van der Waals surface area (Å²) in [6, 6.07) is 0. The third kappa shape index (κ3) is 4.18. The number of hydrogen-bond donors (Lipinski definition) is 2. The van der Waals surface area contributed by atoms with Crippen LogP contribution in [0.3, 0.4) is 0 Å². The van der Waals surface area contributed by atoms with Crippen molar-refractivity contribution in [3.8, 4) is 0 Å². The van der Waals surface area contributed by atoms with E-state index in [-0.39, 0.29) is 19.4 Å². The van der Waals surface area contributed by atoms with E-state index in [1.807, 2.05) is 0 Å². The van der Waals surface area contributed by atoms with E-state index in [1.54, 1.807) is 0 Å². The smallest absolute Gasteiger partial charge is 0.392 e. The predicted molar refractivity (Wildman–Crippen MR) is 77.7 cm³/mol. The normalized spacial score (nSPS) is 28.1. The molecule has 0 radical (unpaired) electrons. The zero-order valence-corrected chi connectivity index (χ0v) is 13.1. The van der Waals surface area contributed by atoms with Crippen molar-refractivity contribution in [2.75, 3.05) is 6.54 Å². The lowest BCUT2D eigenvalue weighted by Gasteiger charge is -2.35. The Hall–Kier alpha value is -1.27. The largest absolute Gasteiger partial charge is 0.481 e. The van der Waals surface area contributed by atoms with E-state index in [4.69, 9.17) is 0 Å². The fourth-order valence-electron chi connectivity index (χ4n) is 3.92. The van der Waals surface area contributed by atoms with Gasteiger partial charge >= 0.3 is 12.1 Å². The summed E-state index contributed by atoms with van der Waals surface area (Å²) in [6.07, 6.45) is 0.350. The maximum absolute atomic E-state index is 13.1. The van der Waals surface area contributed by atoms with Gasteiger partial charge in [0.25, 0.3) is 0 Å². The van der Waals surface area contributed by atoms with Crippen LogP contribution in [0.2, 0.25) is 0 Å². The average Bonchev–Trinajstić information content (AvgIpc) is 2.52. The Morgan fingerprint density at radius 2 is 1.65 bits per heavy atom. The Bertz CT molecular complexity index is 444. The van der Waals surface area contributed by atoms with Gasteiger partial charge in [-0.1, -0.05) is 32.1 Å². The highest BCUT2D eigenvalue weighted by atomic mass is 19.4. The molecule has 0 saturated heterocycles. The molecule has 23 heavy (non-hydrogen) atoms. The molecule has 0 aromatic heterocycles. The highest BCUT2D eigenvalue weighted by Crippen LogP contribution is 2.42. The van der Waals surface area contributed by atoms with Gasteiger partial charge < -0.3 is 10.4 Å². The summed E-state index contributed by atoms with van der Waals surface area (Å²) < 4.78 is 39.2. The molecule has 0 heterocycles. The number of carboxylic acid groups (broad SMARTS) is 1. The van der Waals surface area contributed by atoms with Crippen molar-refractivity contribution in [3.63, 3.8) is 0 Å². The van der Waals surface area contributed by atoms with Gasteiger partial charge in [-0.2, -0.15) is 13.2 Å². The minimum atomic E-state index is -4.38. The van der Waals surface area contributed by atoms with Gasteiger partial charge in [0.15, 0.2) is 0 Å². The zero-order valence-electron chi connectivity index (χ0n) is 13.1. The molecule has 2 saturated carbocycles. The molecular formula is C16H24F3NO3. The second-order valence-corrected chi connectivity index (χ2v) is 6.90. The van der Waals surface area contributed by atoms with Gasteiger partial charge in [0.1, 0.15) is 0 Å². The fourth-order valence-corrected chi connectivity index (χ4v) is 3.92. The van der Waals surface area contributed by atoms with Crippen LogP contribution in [0.5, 0.6) is 0 Å². The summed E-state index contributed by atoms with van der Waals surface area (Å²) in [4.78, 5) is 23.8. The number of carbonyl (C=O) groups is 2. The molecule has 2 fully saturated rings. The SMILES string of the molecule is O=C(NCC1(C(=O)O)CCCCC1)C1CCCCC1C(F)(F)F. The molecule has 0 spiro atoms. The number of alkyl halides is 3. The van der Waals surface area contributed by atoms with Crippen molar-refractivity contribution in [3.05, 3.63) is 0 Å². The molecule has 2 N–H and O–H groups in total. The Kier molecular flexibility index (Phi) is 5.57. The van der Waals surface area contributed by atoms with Crippen LogP contribution in [0, 0.1) is 17.3 Å².